The third-order valence-electron chi connectivity index (χ3n) is 1.95. The van der Waals surface area contributed by atoms with E-state index < -0.39 is 11.7 Å². The molecular formula is C10H11F3N4. The van der Waals surface area contributed by atoms with Crippen LogP contribution in [-0.2, 0) is 6.18 Å². The van der Waals surface area contributed by atoms with Crippen molar-refractivity contribution in [3.63, 3.8) is 0 Å². The van der Waals surface area contributed by atoms with Crippen molar-refractivity contribution in [2.24, 2.45) is 21.7 Å². The van der Waals surface area contributed by atoms with Crippen LogP contribution in [0.2, 0.25) is 0 Å². The van der Waals surface area contributed by atoms with Gasteiger partial charge in [-0.15, -0.1) is 5.10 Å². The largest absolute Gasteiger partial charge is 0.416 e. The molecule has 0 spiro atoms. The average molecular weight is 244 g/mol. The van der Waals surface area contributed by atoms with E-state index in [1.165, 1.54) is 12.1 Å². The van der Waals surface area contributed by atoms with Gasteiger partial charge >= 0.3 is 6.18 Å². The van der Waals surface area contributed by atoms with Crippen LogP contribution in [0, 0.1) is 0 Å². The van der Waals surface area contributed by atoms with E-state index in [0.29, 0.717) is 11.3 Å². The van der Waals surface area contributed by atoms with E-state index in [9.17, 15) is 13.2 Å². The van der Waals surface area contributed by atoms with Gasteiger partial charge in [0.1, 0.15) is 0 Å². The van der Waals surface area contributed by atoms with Crippen LogP contribution in [0.25, 0.3) is 0 Å². The molecule has 4 nitrogen and oxygen atoms in total. The van der Waals surface area contributed by atoms with Crippen molar-refractivity contribution >= 4 is 11.7 Å². The maximum atomic E-state index is 12.3. The van der Waals surface area contributed by atoms with Gasteiger partial charge in [-0.05, 0) is 24.6 Å². The molecule has 17 heavy (non-hydrogen) atoms. The summed E-state index contributed by atoms with van der Waals surface area (Å²) in [5, 5.41) is 7.07. The molecule has 0 aliphatic rings. The van der Waals surface area contributed by atoms with Gasteiger partial charge in [-0.25, -0.2) is 0 Å². The zero-order valence-corrected chi connectivity index (χ0v) is 8.99. The molecule has 1 aromatic rings. The summed E-state index contributed by atoms with van der Waals surface area (Å²) in [5.74, 6) is -0.212. The van der Waals surface area contributed by atoms with Crippen molar-refractivity contribution in [2.45, 2.75) is 13.1 Å². The SMILES string of the molecule is CC(=NN=C(N)N)c1ccc(C(F)(F)F)cc1. The molecule has 0 saturated carbocycles. The van der Waals surface area contributed by atoms with Gasteiger partial charge in [0.25, 0.3) is 0 Å². The Hall–Kier alpha value is -2.05. The number of rotatable bonds is 2. The van der Waals surface area contributed by atoms with Crippen LogP contribution in [-0.4, -0.2) is 11.7 Å². The second-order valence-electron chi connectivity index (χ2n) is 3.29. The molecule has 0 fully saturated rings. The van der Waals surface area contributed by atoms with Gasteiger partial charge in [-0.2, -0.15) is 18.3 Å². The fourth-order valence-electron chi connectivity index (χ4n) is 1.09. The highest BCUT2D eigenvalue weighted by Gasteiger charge is 2.29. The highest BCUT2D eigenvalue weighted by Crippen LogP contribution is 2.29. The Morgan fingerprint density at radius 1 is 1.06 bits per heavy atom. The highest BCUT2D eigenvalue weighted by molar-refractivity contribution is 5.99. The van der Waals surface area contributed by atoms with E-state index >= 15 is 0 Å². The molecule has 0 atom stereocenters. The predicted molar refractivity (Wildman–Crippen MR) is 59.5 cm³/mol. The molecule has 0 unspecified atom stereocenters. The lowest BCUT2D eigenvalue weighted by Crippen LogP contribution is -2.22. The Balaban J connectivity index is 2.96. The summed E-state index contributed by atoms with van der Waals surface area (Å²) in [6, 6.07) is 4.57. The van der Waals surface area contributed by atoms with Crippen LogP contribution in [0.15, 0.2) is 34.5 Å². The molecule has 0 amide bonds. The molecule has 0 heterocycles. The van der Waals surface area contributed by atoms with E-state index in [1.54, 1.807) is 6.92 Å². The van der Waals surface area contributed by atoms with Crippen molar-refractivity contribution in [3.05, 3.63) is 35.4 Å². The summed E-state index contributed by atoms with van der Waals surface area (Å²) < 4.78 is 36.9. The number of hydrogen-bond acceptors (Lipinski definition) is 2. The zero-order chi connectivity index (χ0) is 13.1. The third-order valence-corrected chi connectivity index (χ3v) is 1.95. The Morgan fingerprint density at radius 3 is 2.00 bits per heavy atom. The quantitative estimate of drug-likeness (QED) is 0.472. The molecule has 4 N–H and O–H groups in total. The molecule has 0 aliphatic carbocycles. The van der Waals surface area contributed by atoms with Crippen molar-refractivity contribution in [1.82, 2.24) is 0 Å². The number of nitrogens with two attached hydrogens (primary N) is 2. The van der Waals surface area contributed by atoms with Crippen molar-refractivity contribution in [2.75, 3.05) is 0 Å². The van der Waals surface area contributed by atoms with Gasteiger partial charge in [0.2, 0.25) is 5.96 Å². The molecule has 7 heteroatoms. The normalized spacial score (nSPS) is 12.4. The monoisotopic (exact) mass is 244 g/mol. The number of guanidine groups is 1. The number of halogens is 3. The first-order valence-corrected chi connectivity index (χ1v) is 4.61. The molecule has 0 aliphatic heterocycles. The molecule has 0 bridgehead atoms. The van der Waals surface area contributed by atoms with Gasteiger partial charge in [0.15, 0.2) is 0 Å². The lowest BCUT2D eigenvalue weighted by molar-refractivity contribution is -0.137. The Bertz CT molecular complexity index is 442. The molecule has 0 radical (unpaired) electrons. The standard InChI is InChI=1S/C10H11F3N4/c1-6(16-17-9(14)15)7-2-4-8(5-3-7)10(11,12)13/h2-5H,1H3,(H4,14,15,17). The third kappa shape index (κ3) is 3.78. The summed E-state index contributed by atoms with van der Waals surface area (Å²) in [6.07, 6.45) is -4.34. The van der Waals surface area contributed by atoms with Crippen LogP contribution in [0.5, 0.6) is 0 Å². The first-order chi connectivity index (χ1) is 7.80. The summed E-state index contributed by atoms with van der Waals surface area (Å²) in [7, 11) is 0. The fourth-order valence-corrected chi connectivity index (χ4v) is 1.09. The van der Waals surface area contributed by atoms with Crippen LogP contribution in [0.4, 0.5) is 13.2 Å². The molecule has 0 saturated heterocycles. The minimum absolute atomic E-state index is 0.212. The van der Waals surface area contributed by atoms with E-state index in [2.05, 4.69) is 10.2 Å². The lowest BCUT2D eigenvalue weighted by Gasteiger charge is -2.06. The first kappa shape index (κ1) is 13.0. The van der Waals surface area contributed by atoms with Crippen molar-refractivity contribution in [3.8, 4) is 0 Å². The second-order valence-corrected chi connectivity index (χ2v) is 3.29. The maximum absolute atomic E-state index is 12.3. The predicted octanol–water partition coefficient (Wildman–Crippen LogP) is 1.70. The van der Waals surface area contributed by atoms with E-state index in [-0.39, 0.29) is 5.96 Å². The molecule has 1 rings (SSSR count). The number of alkyl halides is 3. The van der Waals surface area contributed by atoms with Crippen LogP contribution in [0.3, 0.4) is 0 Å². The second kappa shape index (κ2) is 4.86. The van der Waals surface area contributed by atoms with E-state index in [1.807, 2.05) is 0 Å². The summed E-state index contributed by atoms with van der Waals surface area (Å²) in [6.45, 7) is 1.59. The smallest absolute Gasteiger partial charge is 0.369 e. The topological polar surface area (TPSA) is 76.8 Å². The van der Waals surface area contributed by atoms with Gasteiger partial charge < -0.3 is 11.5 Å². The van der Waals surface area contributed by atoms with Gasteiger partial charge in [0, 0.05) is 0 Å². The van der Waals surface area contributed by atoms with Gasteiger partial charge in [0.05, 0.1) is 11.3 Å². The minimum Gasteiger partial charge on any atom is -0.369 e. The lowest BCUT2D eigenvalue weighted by atomic mass is 10.1. The number of benzene rings is 1. The highest BCUT2D eigenvalue weighted by atomic mass is 19.4. The molecule has 0 aromatic heterocycles. The Labute approximate surface area is 95.8 Å². The Morgan fingerprint density at radius 2 is 1.59 bits per heavy atom. The van der Waals surface area contributed by atoms with Crippen LogP contribution in [0.1, 0.15) is 18.1 Å². The maximum Gasteiger partial charge on any atom is 0.416 e. The van der Waals surface area contributed by atoms with Crippen LogP contribution >= 0.6 is 0 Å². The fraction of sp³-hybridized carbons (Fsp3) is 0.200. The minimum atomic E-state index is -4.34. The number of hydrogen-bond donors (Lipinski definition) is 2. The van der Waals surface area contributed by atoms with Crippen molar-refractivity contribution < 1.29 is 13.2 Å². The zero-order valence-electron chi connectivity index (χ0n) is 8.99. The first-order valence-electron chi connectivity index (χ1n) is 4.61. The molecule has 92 valence electrons. The molecular weight excluding hydrogens is 233 g/mol. The van der Waals surface area contributed by atoms with E-state index in [4.69, 9.17) is 11.5 Å². The van der Waals surface area contributed by atoms with E-state index in [0.717, 1.165) is 12.1 Å². The van der Waals surface area contributed by atoms with Crippen molar-refractivity contribution in [1.29, 1.82) is 0 Å². The summed E-state index contributed by atoms with van der Waals surface area (Å²) in [4.78, 5) is 0. The average Bonchev–Trinajstić information content (AvgIpc) is 2.25. The number of nitrogens with zero attached hydrogens (tertiary/aromatic N) is 2. The Kier molecular flexibility index (Phi) is 3.72. The van der Waals surface area contributed by atoms with Crippen LogP contribution < -0.4 is 11.5 Å². The summed E-state index contributed by atoms with van der Waals surface area (Å²) >= 11 is 0. The van der Waals surface area contributed by atoms with Gasteiger partial charge in [-0.1, -0.05) is 12.1 Å². The van der Waals surface area contributed by atoms with Gasteiger partial charge in [-0.3, -0.25) is 0 Å². The molecule has 1 aromatic carbocycles. The summed E-state index contributed by atoms with van der Waals surface area (Å²) in [5.41, 5.74) is 10.4.